The molecule has 19 heavy (non-hydrogen) atoms. The fraction of sp³-hybridized carbons (Fsp3) is 1.00. The third-order valence-corrected chi connectivity index (χ3v) is 4.31. The zero-order valence-corrected chi connectivity index (χ0v) is 13.5. The fourth-order valence-electron chi connectivity index (χ4n) is 2.51. The Morgan fingerprint density at radius 3 is 2.26 bits per heavy atom. The summed E-state index contributed by atoms with van der Waals surface area (Å²) in [5.74, 6) is 0.653. The van der Waals surface area contributed by atoms with Crippen LogP contribution < -0.4 is 22.1 Å². The Labute approximate surface area is 120 Å². The van der Waals surface area contributed by atoms with Gasteiger partial charge in [-0.3, -0.25) is 0 Å². The normalized spacial score (nSPS) is 18.0. The lowest BCUT2D eigenvalue weighted by molar-refractivity contribution is 0.290. The van der Waals surface area contributed by atoms with Crippen molar-refractivity contribution < 1.29 is 0 Å². The third-order valence-electron chi connectivity index (χ3n) is 4.31. The van der Waals surface area contributed by atoms with Gasteiger partial charge in [0.25, 0.3) is 0 Å². The van der Waals surface area contributed by atoms with Crippen LogP contribution >= 0.6 is 0 Å². The van der Waals surface area contributed by atoms with Gasteiger partial charge in [-0.15, -0.1) is 0 Å². The summed E-state index contributed by atoms with van der Waals surface area (Å²) in [6.45, 7) is 12.5. The molecule has 0 aromatic rings. The highest BCUT2D eigenvalue weighted by Crippen LogP contribution is 2.15. The number of nitrogens with one attached hydrogen (secondary N) is 2. The van der Waals surface area contributed by atoms with Crippen LogP contribution in [0.25, 0.3) is 0 Å². The van der Waals surface area contributed by atoms with Crippen molar-refractivity contribution in [1.29, 1.82) is 0 Å². The molecule has 4 heteroatoms. The summed E-state index contributed by atoms with van der Waals surface area (Å²) in [7, 11) is 0. The van der Waals surface area contributed by atoms with E-state index in [1.807, 2.05) is 0 Å². The quantitative estimate of drug-likeness (QED) is 0.434. The largest absolute Gasteiger partial charge is 0.330 e. The van der Waals surface area contributed by atoms with Crippen LogP contribution in [-0.2, 0) is 0 Å². The molecule has 0 saturated heterocycles. The highest BCUT2D eigenvalue weighted by atomic mass is 15.0. The van der Waals surface area contributed by atoms with Crippen molar-refractivity contribution in [3.05, 3.63) is 0 Å². The van der Waals surface area contributed by atoms with E-state index in [1.54, 1.807) is 0 Å². The minimum atomic E-state index is 0.196. The second-order valence-corrected chi connectivity index (χ2v) is 5.90. The van der Waals surface area contributed by atoms with Gasteiger partial charge in [-0.2, -0.15) is 0 Å². The van der Waals surface area contributed by atoms with Crippen molar-refractivity contribution in [2.75, 3.05) is 26.2 Å². The highest BCUT2D eigenvalue weighted by Gasteiger charge is 2.21. The first-order chi connectivity index (χ1) is 9.02. The maximum atomic E-state index is 5.65. The van der Waals surface area contributed by atoms with E-state index in [9.17, 15) is 0 Å². The SMILES string of the molecule is CCC(NCCC(C)(CC)NCCN)C(C)CCN. The first kappa shape index (κ1) is 18.8. The average Bonchev–Trinajstić information content (AvgIpc) is 2.41. The molecule has 116 valence electrons. The molecular weight excluding hydrogens is 236 g/mol. The molecule has 0 aliphatic heterocycles. The molecule has 0 bridgehead atoms. The molecule has 3 atom stereocenters. The van der Waals surface area contributed by atoms with Crippen LogP contribution in [0.5, 0.6) is 0 Å². The third kappa shape index (κ3) is 7.88. The Morgan fingerprint density at radius 2 is 1.79 bits per heavy atom. The topological polar surface area (TPSA) is 76.1 Å². The van der Waals surface area contributed by atoms with Gasteiger partial charge >= 0.3 is 0 Å². The summed E-state index contributed by atoms with van der Waals surface area (Å²) in [5, 5.41) is 7.25. The van der Waals surface area contributed by atoms with Gasteiger partial charge < -0.3 is 22.1 Å². The highest BCUT2D eigenvalue weighted by molar-refractivity contribution is 4.83. The minimum Gasteiger partial charge on any atom is -0.330 e. The second kappa shape index (κ2) is 10.6. The first-order valence-electron chi connectivity index (χ1n) is 7.91. The Balaban J connectivity index is 4.08. The summed E-state index contributed by atoms with van der Waals surface area (Å²) in [4.78, 5) is 0. The van der Waals surface area contributed by atoms with E-state index in [0.29, 0.717) is 18.5 Å². The van der Waals surface area contributed by atoms with Gasteiger partial charge in [0.05, 0.1) is 0 Å². The molecular formula is C15H36N4. The molecule has 0 amide bonds. The summed E-state index contributed by atoms with van der Waals surface area (Å²) >= 11 is 0. The first-order valence-corrected chi connectivity index (χ1v) is 7.91. The van der Waals surface area contributed by atoms with Gasteiger partial charge in [0.1, 0.15) is 0 Å². The van der Waals surface area contributed by atoms with Crippen LogP contribution in [0.1, 0.15) is 53.4 Å². The number of hydrogen-bond donors (Lipinski definition) is 4. The molecule has 0 heterocycles. The molecule has 0 rings (SSSR count). The summed E-state index contributed by atoms with van der Waals surface area (Å²) < 4.78 is 0. The predicted octanol–water partition coefficient (Wildman–Crippen LogP) is 1.45. The Hall–Kier alpha value is -0.160. The lowest BCUT2D eigenvalue weighted by atomic mass is 9.92. The van der Waals surface area contributed by atoms with Crippen LogP contribution in [0.3, 0.4) is 0 Å². The minimum absolute atomic E-state index is 0.196. The Bertz CT molecular complexity index is 210. The number of nitrogens with two attached hydrogens (primary N) is 2. The molecule has 0 aromatic heterocycles. The van der Waals surface area contributed by atoms with E-state index in [0.717, 1.165) is 38.9 Å². The van der Waals surface area contributed by atoms with Crippen molar-refractivity contribution >= 4 is 0 Å². The van der Waals surface area contributed by atoms with E-state index in [4.69, 9.17) is 11.5 Å². The van der Waals surface area contributed by atoms with Gasteiger partial charge in [-0.05, 0) is 51.6 Å². The predicted molar refractivity (Wildman–Crippen MR) is 85.3 cm³/mol. The zero-order valence-electron chi connectivity index (χ0n) is 13.5. The fourth-order valence-corrected chi connectivity index (χ4v) is 2.51. The van der Waals surface area contributed by atoms with E-state index in [2.05, 4.69) is 38.3 Å². The van der Waals surface area contributed by atoms with Crippen molar-refractivity contribution in [2.24, 2.45) is 17.4 Å². The zero-order chi connectivity index (χ0) is 14.7. The van der Waals surface area contributed by atoms with Crippen LogP contribution in [0.15, 0.2) is 0 Å². The molecule has 6 N–H and O–H groups in total. The molecule has 0 spiro atoms. The van der Waals surface area contributed by atoms with E-state index >= 15 is 0 Å². The standard InChI is InChI=1S/C15H36N4/c1-5-14(13(3)7-9-16)18-11-8-15(4,6-2)19-12-10-17/h13-14,18-19H,5-12,16-17H2,1-4H3. The van der Waals surface area contributed by atoms with Crippen molar-refractivity contribution in [1.82, 2.24) is 10.6 Å². The Morgan fingerprint density at radius 1 is 1.11 bits per heavy atom. The van der Waals surface area contributed by atoms with E-state index < -0.39 is 0 Å². The van der Waals surface area contributed by atoms with Crippen molar-refractivity contribution in [3.63, 3.8) is 0 Å². The second-order valence-electron chi connectivity index (χ2n) is 5.90. The maximum Gasteiger partial charge on any atom is 0.0163 e. The summed E-state index contributed by atoms with van der Waals surface area (Å²) in [6, 6.07) is 0.583. The summed E-state index contributed by atoms with van der Waals surface area (Å²) in [6.07, 6.45) is 4.53. The average molecular weight is 272 g/mol. The van der Waals surface area contributed by atoms with Crippen LogP contribution in [0, 0.1) is 5.92 Å². The van der Waals surface area contributed by atoms with Gasteiger partial charge in [0, 0.05) is 24.7 Å². The van der Waals surface area contributed by atoms with Gasteiger partial charge in [0.2, 0.25) is 0 Å². The number of rotatable bonds is 12. The van der Waals surface area contributed by atoms with Gasteiger partial charge in [0.15, 0.2) is 0 Å². The number of hydrogen-bond acceptors (Lipinski definition) is 4. The van der Waals surface area contributed by atoms with E-state index in [1.165, 1.54) is 6.42 Å². The molecule has 0 fully saturated rings. The molecule has 0 saturated carbocycles. The van der Waals surface area contributed by atoms with Crippen LogP contribution in [0.2, 0.25) is 0 Å². The lowest BCUT2D eigenvalue weighted by Crippen LogP contribution is -2.47. The monoisotopic (exact) mass is 272 g/mol. The lowest BCUT2D eigenvalue weighted by Gasteiger charge is -2.32. The smallest absolute Gasteiger partial charge is 0.0163 e. The Kier molecular flexibility index (Phi) is 10.5. The van der Waals surface area contributed by atoms with E-state index in [-0.39, 0.29) is 5.54 Å². The van der Waals surface area contributed by atoms with Crippen LogP contribution in [-0.4, -0.2) is 37.8 Å². The molecule has 0 aliphatic carbocycles. The van der Waals surface area contributed by atoms with Gasteiger partial charge in [-0.25, -0.2) is 0 Å². The van der Waals surface area contributed by atoms with Crippen molar-refractivity contribution in [3.8, 4) is 0 Å². The molecule has 0 aliphatic rings. The van der Waals surface area contributed by atoms with Gasteiger partial charge in [-0.1, -0.05) is 20.8 Å². The molecule has 0 radical (unpaired) electrons. The summed E-state index contributed by atoms with van der Waals surface area (Å²) in [5.41, 5.74) is 11.4. The molecule has 0 aromatic carbocycles. The maximum absolute atomic E-state index is 5.65. The molecule has 3 unspecified atom stereocenters. The van der Waals surface area contributed by atoms with Crippen molar-refractivity contribution in [2.45, 2.75) is 65.0 Å². The van der Waals surface area contributed by atoms with Crippen LogP contribution in [0.4, 0.5) is 0 Å². The molecule has 4 nitrogen and oxygen atoms in total.